The van der Waals surface area contributed by atoms with Gasteiger partial charge in [-0.25, -0.2) is 14.4 Å². The lowest BCUT2D eigenvalue weighted by molar-refractivity contribution is -0.392. The fourth-order valence-corrected chi connectivity index (χ4v) is 16.4. The van der Waals surface area contributed by atoms with E-state index in [0.29, 0.717) is 43.3 Å². The molecule has 27 atom stereocenters. The summed E-state index contributed by atoms with van der Waals surface area (Å²) in [5.41, 5.74) is -3.63. The summed E-state index contributed by atoms with van der Waals surface area (Å²) < 4.78 is 48.6. The Labute approximate surface area is 477 Å². The number of rotatable bonds is 15. The third kappa shape index (κ3) is 10.4. The summed E-state index contributed by atoms with van der Waals surface area (Å²) >= 11 is 0. The maximum atomic E-state index is 13.8. The zero-order valence-corrected chi connectivity index (χ0v) is 48.5. The molecule has 3 heterocycles. The molecule has 0 bridgehead atoms. The van der Waals surface area contributed by atoms with E-state index in [4.69, 9.17) is 37.9 Å². The number of aliphatic carboxylic acids is 1. The molecule has 24 nitrogen and oxygen atoms in total. The summed E-state index contributed by atoms with van der Waals surface area (Å²) in [5, 5.41) is 144. The van der Waals surface area contributed by atoms with Crippen LogP contribution in [0.1, 0.15) is 114 Å². The highest BCUT2D eigenvalue weighted by Gasteiger charge is 2.74. The second kappa shape index (κ2) is 23.9. The molecule has 0 aromatic rings. The zero-order valence-electron chi connectivity index (χ0n) is 48.5. The second-order valence-electron chi connectivity index (χ2n) is 26.3. The Bertz CT molecular complexity index is 2430. The van der Waals surface area contributed by atoms with Gasteiger partial charge in [-0.1, -0.05) is 65.3 Å². The topological polar surface area (TPSA) is 388 Å². The van der Waals surface area contributed by atoms with E-state index in [0.717, 1.165) is 5.57 Å². The van der Waals surface area contributed by atoms with E-state index in [1.807, 2.05) is 20.8 Å². The molecule has 20 unspecified atom stereocenters. The molecule has 4 saturated carbocycles. The molecule has 8 aliphatic rings. The predicted octanol–water partition coefficient (Wildman–Crippen LogP) is -0.375. The molecule has 13 N–H and O–H groups in total. The highest BCUT2D eigenvalue weighted by atomic mass is 16.8. The van der Waals surface area contributed by atoms with E-state index in [2.05, 4.69) is 26.8 Å². The molecule has 0 radical (unpaired) electrons. The summed E-state index contributed by atoms with van der Waals surface area (Å²) in [6, 6.07) is 0. The standard InChI is InChI=1S/C58H90O24/c1-11-25(3)48(73)81-45-46(82-49(74)26(4)12-2)58(24-62)28(19-53(45,5)6)27-13-14-32-54(7)17-16-34(55(8,23-61)31(54)15-18-56(32,9)57(27,10)20-33(58)63)77-52-43(79-51-40(69)38(67)36(65)30(22-60)76-51)41(70)42(44(80-52)47(71)72)78-50-39(68)37(66)35(64)29(21-59)75-50/h11-13,28-46,50-52,59-70H,14-24H2,1-10H3,(H,71,72)/b25-11-,26-12-/t28?,29?,30?,31?,32?,33-,34+,35?,36?,37?,38?,39?,40?,41?,42?,43?,44?,45+,46+,50?,51?,52?,54+,55?,56-,57-,58?/m1/s1. The molecule has 24 heteroatoms. The summed E-state index contributed by atoms with van der Waals surface area (Å²) in [4.78, 5) is 40.6. The van der Waals surface area contributed by atoms with Gasteiger partial charge in [0.2, 0.25) is 0 Å². The SMILES string of the molecule is C/C=C(/C)C(=O)O[C@H]1[C@H](OC(=O)/C(C)=C\C)C2(CO)C(CC1(C)C)C1=CCC3[C@@]4(C)CC[C@H](OC5OC(C(=O)O)C(OC6OC(CO)C(O)C(O)C6O)C(O)C5OC5OC(CO)C(O)C(O)C5O)C(C)(CO)C4CC[C@@]3(C)[C@]1(C)C[C@H]2O. The first kappa shape index (κ1) is 64.9. The minimum atomic E-state index is -2.18. The highest BCUT2D eigenvalue weighted by molar-refractivity contribution is 5.89. The molecule has 0 spiro atoms. The number of ether oxygens (including phenoxy) is 8. The normalized spacial score (nSPS) is 49.5. The van der Waals surface area contributed by atoms with Gasteiger partial charge >= 0.3 is 17.9 Å². The van der Waals surface area contributed by atoms with Crippen LogP contribution in [0.25, 0.3) is 0 Å². The van der Waals surface area contributed by atoms with E-state index in [1.54, 1.807) is 39.8 Å². The number of carbonyl (C=O) groups excluding carboxylic acids is 2. The molecule has 7 fully saturated rings. The van der Waals surface area contributed by atoms with Crippen LogP contribution in [0.15, 0.2) is 34.9 Å². The van der Waals surface area contributed by atoms with Gasteiger partial charge in [0, 0.05) is 22.0 Å². The molecule has 5 aliphatic carbocycles. The van der Waals surface area contributed by atoms with Crippen LogP contribution in [0.2, 0.25) is 0 Å². The maximum absolute atomic E-state index is 13.8. The van der Waals surface area contributed by atoms with Gasteiger partial charge in [-0.05, 0) is 107 Å². The molecule has 0 amide bonds. The third-order valence-corrected chi connectivity index (χ3v) is 21.7. The van der Waals surface area contributed by atoms with E-state index in [9.17, 15) is 80.8 Å². The fourth-order valence-electron chi connectivity index (χ4n) is 16.4. The van der Waals surface area contributed by atoms with Crippen molar-refractivity contribution in [3.05, 3.63) is 34.9 Å². The minimum absolute atomic E-state index is 0.0973. The van der Waals surface area contributed by atoms with Crippen molar-refractivity contribution in [2.24, 2.45) is 50.2 Å². The van der Waals surface area contributed by atoms with Crippen LogP contribution in [0.5, 0.6) is 0 Å². The van der Waals surface area contributed by atoms with Gasteiger partial charge in [0.25, 0.3) is 0 Å². The summed E-state index contributed by atoms with van der Waals surface area (Å²) in [6.07, 6.45) is -25.1. The van der Waals surface area contributed by atoms with Gasteiger partial charge in [0.05, 0.1) is 44.1 Å². The van der Waals surface area contributed by atoms with Crippen LogP contribution in [-0.4, -0.2) is 227 Å². The summed E-state index contributed by atoms with van der Waals surface area (Å²) in [6.45, 7) is 16.2. The first-order valence-corrected chi connectivity index (χ1v) is 28.8. The number of hydrogen-bond donors (Lipinski definition) is 13. The Morgan fingerprint density at radius 3 is 1.66 bits per heavy atom. The van der Waals surface area contributed by atoms with Gasteiger partial charge in [-0.3, -0.25) is 0 Å². The van der Waals surface area contributed by atoms with Gasteiger partial charge in [0.15, 0.2) is 31.1 Å². The lowest BCUT2D eigenvalue weighted by atomic mass is 9.33. The zero-order chi connectivity index (χ0) is 60.7. The van der Waals surface area contributed by atoms with Crippen LogP contribution in [0, 0.1) is 50.2 Å². The summed E-state index contributed by atoms with van der Waals surface area (Å²) in [7, 11) is 0. The molecular weight excluding hydrogens is 1080 g/mol. The molecule has 3 aliphatic heterocycles. The van der Waals surface area contributed by atoms with Crippen molar-refractivity contribution in [1.29, 1.82) is 0 Å². The van der Waals surface area contributed by atoms with Gasteiger partial charge in [-0.15, -0.1) is 0 Å². The van der Waals surface area contributed by atoms with Gasteiger partial charge in [-0.2, -0.15) is 0 Å². The van der Waals surface area contributed by atoms with Crippen molar-refractivity contribution in [2.45, 2.75) is 231 Å². The van der Waals surface area contributed by atoms with Crippen molar-refractivity contribution in [2.75, 3.05) is 26.4 Å². The van der Waals surface area contributed by atoms with Crippen molar-refractivity contribution < 1.29 is 119 Å². The van der Waals surface area contributed by atoms with Crippen LogP contribution >= 0.6 is 0 Å². The number of hydrogen-bond acceptors (Lipinski definition) is 23. The van der Waals surface area contributed by atoms with Crippen molar-refractivity contribution in [1.82, 2.24) is 0 Å². The molecule has 466 valence electrons. The number of carbonyl (C=O) groups is 3. The molecular formula is C58H90O24. The van der Waals surface area contributed by atoms with Gasteiger partial charge < -0.3 is 104 Å². The van der Waals surface area contributed by atoms with E-state index >= 15 is 0 Å². The van der Waals surface area contributed by atoms with Crippen molar-refractivity contribution in [3.63, 3.8) is 0 Å². The average Bonchev–Trinajstić information content (AvgIpc) is 1.78. The molecule has 8 rings (SSSR count). The number of carboxylic acid groups (broad SMARTS) is 1. The van der Waals surface area contributed by atoms with Gasteiger partial charge in [0.1, 0.15) is 73.2 Å². The second-order valence-corrected chi connectivity index (χ2v) is 26.3. The van der Waals surface area contributed by atoms with Crippen LogP contribution in [0.3, 0.4) is 0 Å². The molecule has 3 saturated heterocycles. The minimum Gasteiger partial charge on any atom is -0.479 e. The Morgan fingerprint density at radius 2 is 1.16 bits per heavy atom. The first-order chi connectivity index (χ1) is 38.4. The Balaban J connectivity index is 1.12. The monoisotopic (exact) mass is 1170 g/mol. The maximum Gasteiger partial charge on any atom is 0.335 e. The molecule has 0 aromatic heterocycles. The van der Waals surface area contributed by atoms with Crippen molar-refractivity contribution >= 4 is 17.9 Å². The van der Waals surface area contributed by atoms with Crippen molar-refractivity contribution in [3.8, 4) is 0 Å². The average molecular weight is 1170 g/mol. The summed E-state index contributed by atoms with van der Waals surface area (Å²) in [5.74, 6) is -3.95. The predicted molar refractivity (Wildman–Crippen MR) is 283 cm³/mol. The number of aliphatic hydroxyl groups is 12. The highest BCUT2D eigenvalue weighted by Crippen LogP contribution is 2.76. The number of carboxylic acids is 1. The van der Waals surface area contributed by atoms with Crippen LogP contribution in [0.4, 0.5) is 0 Å². The van der Waals surface area contributed by atoms with E-state index in [-0.39, 0.29) is 24.7 Å². The lowest BCUT2D eigenvalue weighted by Gasteiger charge is -2.72. The molecule has 82 heavy (non-hydrogen) atoms. The Hall–Kier alpha value is -3.09. The lowest BCUT2D eigenvalue weighted by Crippen LogP contribution is -2.72. The number of esters is 2. The van der Waals surface area contributed by atoms with Crippen LogP contribution < -0.4 is 0 Å². The van der Waals surface area contributed by atoms with Crippen LogP contribution in [-0.2, 0) is 52.3 Å². The Kier molecular flexibility index (Phi) is 18.9. The number of allylic oxidation sites excluding steroid dienone is 4. The largest absolute Gasteiger partial charge is 0.479 e. The number of fused-ring (bicyclic) bond motifs is 7. The fraction of sp³-hybridized carbons (Fsp3) is 0.845. The molecule has 0 aromatic carbocycles. The quantitative estimate of drug-likeness (QED) is 0.0430. The Morgan fingerprint density at radius 1 is 0.622 bits per heavy atom. The van der Waals surface area contributed by atoms with E-state index < -0.39 is 199 Å². The number of aliphatic hydroxyl groups excluding tert-OH is 12. The van der Waals surface area contributed by atoms with E-state index in [1.165, 1.54) is 0 Å². The third-order valence-electron chi connectivity index (χ3n) is 21.7. The first-order valence-electron chi connectivity index (χ1n) is 28.8. The smallest absolute Gasteiger partial charge is 0.335 e.